The van der Waals surface area contributed by atoms with Crippen molar-refractivity contribution in [2.24, 2.45) is 0 Å². The van der Waals surface area contributed by atoms with Gasteiger partial charge in [0.25, 0.3) is 0 Å². The Hall–Kier alpha value is -1.72. The average molecular weight is 279 g/mol. The minimum Gasteiger partial charge on any atom is -0.307 e. The number of aromatic nitrogens is 2. The summed E-state index contributed by atoms with van der Waals surface area (Å²) in [6.45, 7) is 4.15. The van der Waals surface area contributed by atoms with Gasteiger partial charge in [-0.1, -0.05) is 37.6 Å². The standard InChI is InChI=1S/C13H15ClN4O/c1-8(2)15-7-11(19)18-13-12(14)16-9-5-3-4-6-10(9)17-13/h3-6,8,15H,7H2,1-2H3,(H,17,18,19). The molecule has 0 aliphatic carbocycles. The maximum absolute atomic E-state index is 11.7. The summed E-state index contributed by atoms with van der Waals surface area (Å²) in [5.41, 5.74) is 1.39. The van der Waals surface area contributed by atoms with E-state index in [1.54, 1.807) is 0 Å². The van der Waals surface area contributed by atoms with E-state index in [1.165, 1.54) is 0 Å². The molecule has 0 unspecified atom stereocenters. The van der Waals surface area contributed by atoms with Crippen molar-refractivity contribution in [1.82, 2.24) is 15.3 Å². The Labute approximate surface area is 116 Å². The van der Waals surface area contributed by atoms with Crippen LogP contribution in [0.25, 0.3) is 11.0 Å². The number of carbonyl (C=O) groups excluding carboxylic acids is 1. The third kappa shape index (κ3) is 3.62. The highest BCUT2D eigenvalue weighted by Gasteiger charge is 2.10. The molecule has 5 nitrogen and oxygen atoms in total. The first-order valence-electron chi connectivity index (χ1n) is 6.02. The molecule has 100 valence electrons. The van der Waals surface area contributed by atoms with Crippen molar-refractivity contribution in [1.29, 1.82) is 0 Å². The maximum atomic E-state index is 11.7. The zero-order valence-electron chi connectivity index (χ0n) is 10.8. The number of hydrogen-bond acceptors (Lipinski definition) is 4. The van der Waals surface area contributed by atoms with Crippen molar-refractivity contribution in [3.8, 4) is 0 Å². The zero-order chi connectivity index (χ0) is 13.8. The first-order chi connectivity index (χ1) is 9.06. The largest absolute Gasteiger partial charge is 0.307 e. The van der Waals surface area contributed by atoms with Gasteiger partial charge in [-0.3, -0.25) is 4.79 Å². The van der Waals surface area contributed by atoms with Crippen LogP contribution in [0.4, 0.5) is 5.82 Å². The molecule has 1 aromatic carbocycles. The van der Waals surface area contributed by atoms with Crippen molar-refractivity contribution < 1.29 is 4.79 Å². The van der Waals surface area contributed by atoms with E-state index in [2.05, 4.69) is 20.6 Å². The highest BCUT2D eigenvalue weighted by Crippen LogP contribution is 2.20. The molecule has 2 aromatic rings. The lowest BCUT2D eigenvalue weighted by molar-refractivity contribution is -0.115. The number of rotatable bonds is 4. The molecule has 0 atom stereocenters. The smallest absolute Gasteiger partial charge is 0.239 e. The van der Waals surface area contributed by atoms with Gasteiger partial charge in [0.15, 0.2) is 11.0 Å². The van der Waals surface area contributed by atoms with Gasteiger partial charge < -0.3 is 10.6 Å². The first-order valence-corrected chi connectivity index (χ1v) is 6.39. The number of nitrogens with zero attached hydrogens (tertiary/aromatic N) is 2. The summed E-state index contributed by atoms with van der Waals surface area (Å²) >= 11 is 6.00. The number of amides is 1. The zero-order valence-corrected chi connectivity index (χ0v) is 11.5. The van der Waals surface area contributed by atoms with Gasteiger partial charge in [-0.05, 0) is 12.1 Å². The molecule has 6 heteroatoms. The summed E-state index contributed by atoms with van der Waals surface area (Å²) in [5.74, 6) is 0.0936. The Kier molecular flexibility index (Phi) is 4.29. The van der Waals surface area contributed by atoms with E-state index in [0.717, 1.165) is 0 Å². The second kappa shape index (κ2) is 5.95. The number of fused-ring (bicyclic) bond motifs is 1. The summed E-state index contributed by atoms with van der Waals surface area (Å²) in [6.07, 6.45) is 0. The molecular weight excluding hydrogens is 264 g/mol. The van der Waals surface area contributed by atoms with Crippen LogP contribution in [0.5, 0.6) is 0 Å². The van der Waals surface area contributed by atoms with E-state index in [1.807, 2.05) is 38.1 Å². The Bertz CT molecular complexity index is 600. The van der Waals surface area contributed by atoms with Gasteiger partial charge in [-0.2, -0.15) is 0 Å². The Morgan fingerprint density at radius 2 is 1.89 bits per heavy atom. The van der Waals surface area contributed by atoms with Crippen LogP contribution in [-0.4, -0.2) is 28.5 Å². The van der Waals surface area contributed by atoms with E-state index < -0.39 is 0 Å². The summed E-state index contributed by atoms with van der Waals surface area (Å²) in [4.78, 5) is 20.2. The van der Waals surface area contributed by atoms with Crippen molar-refractivity contribution in [3.63, 3.8) is 0 Å². The van der Waals surface area contributed by atoms with Crippen molar-refractivity contribution in [2.45, 2.75) is 19.9 Å². The van der Waals surface area contributed by atoms with Crippen LogP contribution < -0.4 is 10.6 Å². The number of nitrogens with one attached hydrogen (secondary N) is 2. The Morgan fingerprint density at radius 3 is 2.53 bits per heavy atom. The van der Waals surface area contributed by atoms with Gasteiger partial charge in [0.1, 0.15) is 0 Å². The van der Waals surface area contributed by atoms with Crippen LogP contribution >= 0.6 is 11.6 Å². The molecule has 19 heavy (non-hydrogen) atoms. The van der Waals surface area contributed by atoms with E-state index in [9.17, 15) is 4.79 Å². The van der Waals surface area contributed by atoms with E-state index in [4.69, 9.17) is 11.6 Å². The quantitative estimate of drug-likeness (QED) is 0.900. The number of carbonyl (C=O) groups is 1. The summed E-state index contributed by atoms with van der Waals surface area (Å²) in [7, 11) is 0. The lowest BCUT2D eigenvalue weighted by Crippen LogP contribution is -2.32. The van der Waals surface area contributed by atoms with Gasteiger partial charge in [0.2, 0.25) is 5.91 Å². The fourth-order valence-electron chi connectivity index (χ4n) is 1.53. The Morgan fingerprint density at radius 1 is 1.26 bits per heavy atom. The van der Waals surface area contributed by atoms with Crippen LogP contribution in [0.1, 0.15) is 13.8 Å². The minimum absolute atomic E-state index is 0.191. The molecule has 1 aromatic heterocycles. The number of para-hydroxylation sites is 2. The number of benzene rings is 1. The SMILES string of the molecule is CC(C)NCC(=O)Nc1nc2ccccc2nc1Cl. The molecule has 2 rings (SSSR count). The average Bonchev–Trinajstić information content (AvgIpc) is 2.37. The highest BCUT2D eigenvalue weighted by atomic mass is 35.5. The molecule has 1 heterocycles. The summed E-state index contributed by atoms with van der Waals surface area (Å²) in [6, 6.07) is 7.60. The second-order valence-electron chi connectivity index (χ2n) is 4.44. The predicted octanol–water partition coefficient (Wildman–Crippen LogP) is 2.22. The van der Waals surface area contributed by atoms with Gasteiger partial charge in [-0.25, -0.2) is 9.97 Å². The molecule has 0 saturated heterocycles. The van der Waals surface area contributed by atoms with Crippen LogP contribution in [-0.2, 0) is 4.79 Å². The molecule has 0 aliphatic rings. The second-order valence-corrected chi connectivity index (χ2v) is 4.79. The number of halogens is 1. The topological polar surface area (TPSA) is 66.9 Å². The summed E-state index contributed by atoms with van der Waals surface area (Å²) < 4.78 is 0. The van der Waals surface area contributed by atoms with Gasteiger partial charge >= 0.3 is 0 Å². The van der Waals surface area contributed by atoms with Gasteiger partial charge in [0, 0.05) is 6.04 Å². The Balaban J connectivity index is 2.16. The van der Waals surface area contributed by atoms with E-state index in [0.29, 0.717) is 11.0 Å². The molecule has 0 saturated carbocycles. The maximum Gasteiger partial charge on any atom is 0.239 e. The van der Waals surface area contributed by atoms with Crippen LogP contribution in [0.2, 0.25) is 5.15 Å². The normalized spacial score (nSPS) is 10.9. The predicted molar refractivity (Wildman–Crippen MR) is 76.3 cm³/mol. The van der Waals surface area contributed by atoms with Crippen LogP contribution in [0, 0.1) is 0 Å². The lowest BCUT2D eigenvalue weighted by Gasteiger charge is -2.09. The first kappa shape index (κ1) is 13.7. The van der Waals surface area contributed by atoms with Gasteiger partial charge in [-0.15, -0.1) is 0 Å². The molecular formula is C13H15ClN4O. The molecule has 0 bridgehead atoms. The fraction of sp³-hybridized carbons (Fsp3) is 0.308. The van der Waals surface area contributed by atoms with Gasteiger partial charge in [0.05, 0.1) is 17.6 Å². The molecule has 0 radical (unpaired) electrons. The van der Waals surface area contributed by atoms with E-state index in [-0.39, 0.29) is 29.5 Å². The molecule has 2 N–H and O–H groups in total. The van der Waals surface area contributed by atoms with Crippen LogP contribution in [0.15, 0.2) is 24.3 Å². The lowest BCUT2D eigenvalue weighted by atomic mass is 10.3. The monoisotopic (exact) mass is 278 g/mol. The fourth-order valence-corrected chi connectivity index (χ4v) is 1.71. The molecule has 0 aliphatic heterocycles. The van der Waals surface area contributed by atoms with Crippen molar-refractivity contribution in [3.05, 3.63) is 29.4 Å². The minimum atomic E-state index is -0.194. The number of anilines is 1. The van der Waals surface area contributed by atoms with E-state index >= 15 is 0 Å². The van der Waals surface area contributed by atoms with Crippen molar-refractivity contribution >= 4 is 34.4 Å². The van der Waals surface area contributed by atoms with Crippen LogP contribution in [0.3, 0.4) is 0 Å². The molecule has 0 spiro atoms. The third-order valence-corrected chi connectivity index (χ3v) is 2.72. The number of hydrogen-bond donors (Lipinski definition) is 2. The highest BCUT2D eigenvalue weighted by molar-refractivity contribution is 6.32. The van der Waals surface area contributed by atoms with Crippen molar-refractivity contribution in [2.75, 3.05) is 11.9 Å². The third-order valence-electron chi connectivity index (χ3n) is 2.46. The molecule has 1 amide bonds. The summed E-state index contributed by atoms with van der Waals surface area (Å²) in [5, 5.41) is 5.86. The molecule has 0 fully saturated rings.